The van der Waals surface area contributed by atoms with E-state index in [-0.39, 0.29) is 40.7 Å². The lowest BCUT2D eigenvalue weighted by Crippen LogP contribution is -2.62. The van der Waals surface area contributed by atoms with E-state index in [4.69, 9.17) is 21.1 Å². The van der Waals surface area contributed by atoms with Crippen LogP contribution in [0.25, 0.3) is 16.3 Å². The topological polar surface area (TPSA) is 98.9 Å². The molecule has 15 heteroatoms. The second-order valence-electron chi connectivity index (χ2n) is 9.80. The lowest BCUT2D eigenvalue weighted by molar-refractivity contribution is -0.124. The molecule has 0 aromatic carbocycles. The Kier molecular flexibility index (Phi) is 7.36. The highest BCUT2D eigenvalue weighted by Gasteiger charge is 2.46. The molecular weight excluding hydrogens is 540 g/mol. The summed E-state index contributed by atoms with van der Waals surface area (Å²) in [6, 6.07) is 2.24. The predicted octanol–water partition coefficient (Wildman–Crippen LogP) is 4.54. The van der Waals surface area contributed by atoms with Crippen LogP contribution in [0.15, 0.2) is 23.4 Å². The maximum absolute atomic E-state index is 13.8. The first-order chi connectivity index (χ1) is 16.3. The summed E-state index contributed by atoms with van der Waals surface area (Å²) in [5.74, 6) is 0.166. The van der Waals surface area contributed by atoms with Crippen LogP contribution in [-0.2, 0) is 19.5 Å². The van der Waals surface area contributed by atoms with E-state index in [1.807, 2.05) is 0 Å². The summed E-state index contributed by atoms with van der Waals surface area (Å²) in [6.45, 7) is 9.23. The number of fused-ring (bicyclic) bond motifs is 1. The smallest absolute Gasteiger partial charge is 0.291 e. The largest absolute Gasteiger partial charge is 0.377 e. The number of hydrogen-bond acceptors (Lipinski definition) is 8. The van der Waals surface area contributed by atoms with Crippen molar-refractivity contribution in [2.45, 2.75) is 49.5 Å². The van der Waals surface area contributed by atoms with Crippen molar-refractivity contribution in [1.29, 1.82) is 0 Å². The van der Waals surface area contributed by atoms with E-state index in [9.17, 15) is 17.2 Å². The molecule has 0 saturated carbocycles. The molecule has 9 nitrogen and oxygen atoms in total. The normalized spacial score (nSPS) is 16.4. The van der Waals surface area contributed by atoms with Gasteiger partial charge in [0.05, 0.1) is 35.5 Å². The third kappa shape index (κ3) is 5.43. The van der Waals surface area contributed by atoms with Crippen molar-refractivity contribution < 1.29 is 26.7 Å². The van der Waals surface area contributed by atoms with E-state index in [1.54, 1.807) is 6.92 Å². The van der Waals surface area contributed by atoms with Crippen LogP contribution < -0.4 is 0 Å². The van der Waals surface area contributed by atoms with Gasteiger partial charge in [-0.3, -0.25) is 4.40 Å². The minimum absolute atomic E-state index is 0.0882. The molecule has 1 saturated heterocycles. The SMILES string of the molecule is CC1(N(COCC[Si](C)(C)C)S(=O)(=O)c2cc(Cl)c3cnc(-c4nnc(C(F)F)s4)n3c2)COC1. The van der Waals surface area contributed by atoms with Crippen LogP contribution in [0.5, 0.6) is 0 Å². The highest BCUT2D eigenvalue weighted by Crippen LogP contribution is 2.35. The van der Waals surface area contributed by atoms with Crippen LogP contribution in [-0.4, -0.2) is 72.5 Å². The summed E-state index contributed by atoms with van der Waals surface area (Å²) in [7, 11) is -5.44. The minimum Gasteiger partial charge on any atom is -0.377 e. The number of aromatic nitrogens is 4. The highest BCUT2D eigenvalue weighted by molar-refractivity contribution is 7.89. The number of nitrogens with zero attached hydrogens (tertiary/aromatic N) is 5. The van der Waals surface area contributed by atoms with Crippen LogP contribution in [0.3, 0.4) is 0 Å². The number of imidazole rings is 1. The van der Waals surface area contributed by atoms with Gasteiger partial charge < -0.3 is 9.47 Å². The summed E-state index contributed by atoms with van der Waals surface area (Å²) in [5.41, 5.74) is -0.367. The van der Waals surface area contributed by atoms with E-state index in [0.29, 0.717) is 23.5 Å². The summed E-state index contributed by atoms with van der Waals surface area (Å²) in [4.78, 5) is 4.13. The molecule has 0 amide bonds. The molecule has 0 bridgehead atoms. The van der Waals surface area contributed by atoms with Gasteiger partial charge in [-0.15, -0.1) is 10.2 Å². The number of ether oxygens (including phenoxy) is 2. The molecule has 3 aromatic heterocycles. The zero-order chi connectivity index (χ0) is 25.6. The molecular formula is C20H26ClF2N5O4S2Si. The molecule has 3 aromatic rings. The zero-order valence-electron chi connectivity index (χ0n) is 19.7. The fraction of sp³-hybridized carbons (Fsp3) is 0.550. The Morgan fingerprint density at radius 3 is 2.63 bits per heavy atom. The molecule has 4 heterocycles. The Hall–Kier alpha value is -1.55. The quantitative estimate of drug-likeness (QED) is 0.202. The van der Waals surface area contributed by atoms with Crippen molar-refractivity contribution >= 4 is 46.6 Å². The number of pyridine rings is 1. The number of rotatable bonds is 10. The molecule has 0 spiro atoms. The first-order valence-electron chi connectivity index (χ1n) is 10.8. The number of sulfonamides is 1. The van der Waals surface area contributed by atoms with Crippen molar-refractivity contribution in [3.63, 3.8) is 0 Å². The van der Waals surface area contributed by atoms with Crippen LogP contribution in [0.2, 0.25) is 30.7 Å². The molecule has 35 heavy (non-hydrogen) atoms. The number of halogens is 3. The molecule has 1 aliphatic rings. The van der Waals surface area contributed by atoms with E-state index < -0.39 is 35.1 Å². The molecule has 0 aliphatic carbocycles. The lowest BCUT2D eigenvalue weighted by atomic mass is 10.0. The monoisotopic (exact) mass is 565 g/mol. The fourth-order valence-electron chi connectivity index (χ4n) is 3.45. The van der Waals surface area contributed by atoms with Crippen LogP contribution in [0.1, 0.15) is 18.4 Å². The lowest BCUT2D eigenvalue weighted by Gasteiger charge is -2.45. The molecule has 0 atom stereocenters. The number of hydrogen-bond donors (Lipinski definition) is 0. The molecule has 1 fully saturated rings. The Labute approximate surface area is 212 Å². The van der Waals surface area contributed by atoms with Gasteiger partial charge in [-0.2, -0.15) is 4.31 Å². The Morgan fingerprint density at radius 2 is 2.06 bits per heavy atom. The van der Waals surface area contributed by atoms with E-state index in [0.717, 1.165) is 6.04 Å². The minimum atomic E-state index is -4.08. The average molecular weight is 566 g/mol. The van der Waals surface area contributed by atoms with Crippen LogP contribution in [0, 0.1) is 0 Å². The summed E-state index contributed by atoms with van der Waals surface area (Å²) < 4.78 is 67.5. The van der Waals surface area contributed by atoms with Crippen LogP contribution >= 0.6 is 22.9 Å². The summed E-state index contributed by atoms with van der Waals surface area (Å²) in [6.07, 6.45) is 0.0165. The Morgan fingerprint density at radius 1 is 1.34 bits per heavy atom. The standard InChI is InChI=1S/C20H26ClF2N5O4S2Si/c1-20(10-32-11-20)28(12-31-5-6-35(2,3)4)34(29,30)13-7-14(21)15-8-24-17(27(15)9-13)19-26-25-18(33-19)16(22)23/h7-9,16H,5-6,10-12H2,1-4H3. The van der Waals surface area contributed by atoms with Crippen molar-refractivity contribution in [1.82, 2.24) is 23.9 Å². The van der Waals surface area contributed by atoms with E-state index in [2.05, 4.69) is 34.8 Å². The second-order valence-corrected chi connectivity index (χ2v) is 18.7. The Bertz CT molecular complexity index is 1320. The zero-order valence-corrected chi connectivity index (χ0v) is 23.1. The van der Waals surface area contributed by atoms with Gasteiger partial charge in [0.25, 0.3) is 6.43 Å². The highest BCUT2D eigenvalue weighted by atomic mass is 35.5. The fourth-order valence-corrected chi connectivity index (χ4v) is 6.88. The molecule has 0 radical (unpaired) electrons. The predicted molar refractivity (Wildman–Crippen MR) is 131 cm³/mol. The Balaban J connectivity index is 1.70. The van der Waals surface area contributed by atoms with Gasteiger partial charge in [-0.05, 0) is 19.0 Å². The molecule has 0 unspecified atom stereocenters. The molecule has 0 N–H and O–H groups in total. The van der Waals surface area contributed by atoms with Gasteiger partial charge in [0.1, 0.15) is 11.6 Å². The molecule has 1 aliphatic heterocycles. The van der Waals surface area contributed by atoms with Crippen molar-refractivity contribution in [3.8, 4) is 10.8 Å². The third-order valence-electron chi connectivity index (χ3n) is 5.61. The first kappa shape index (κ1) is 26.5. The van der Waals surface area contributed by atoms with Gasteiger partial charge in [0.2, 0.25) is 10.0 Å². The number of alkyl halides is 2. The second kappa shape index (κ2) is 9.72. The summed E-state index contributed by atoms with van der Waals surface area (Å²) in [5, 5.41) is 7.08. The van der Waals surface area contributed by atoms with Crippen LogP contribution in [0.4, 0.5) is 8.78 Å². The third-order valence-corrected chi connectivity index (χ3v) is 10.5. The molecule has 192 valence electrons. The van der Waals surface area contributed by atoms with Gasteiger partial charge in [0, 0.05) is 20.9 Å². The van der Waals surface area contributed by atoms with Gasteiger partial charge in [-0.25, -0.2) is 22.2 Å². The maximum atomic E-state index is 13.8. The molecule has 4 rings (SSSR count). The van der Waals surface area contributed by atoms with Crippen molar-refractivity contribution in [3.05, 3.63) is 28.5 Å². The first-order valence-corrected chi connectivity index (χ1v) is 17.1. The van der Waals surface area contributed by atoms with E-state index >= 15 is 0 Å². The average Bonchev–Trinajstić information content (AvgIpc) is 3.38. The van der Waals surface area contributed by atoms with E-state index in [1.165, 1.54) is 27.2 Å². The summed E-state index contributed by atoms with van der Waals surface area (Å²) >= 11 is 7.10. The van der Waals surface area contributed by atoms with Gasteiger partial charge in [-0.1, -0.05) is 42.6 Å². The van der Waals surface area contributed by atoms with Gasteiger partial charge >= 0.3 is 0 Å². The van der Waals surface area contributed by atoms with Gasteiger partial charge in [0.15, 0.2) is 15.8 Å². The maximum Gasteiger partial charge on any atom is 0.291 e. The van der Waals surface area contributed by atoms with Crippen molar-refractivity contribution in [2.75, 3.05) is 26.6 Å². The van der Waals surface area contributed by atoms with Crippen molar-refractivity contribution in [2.24, 2.45) is 0 Å².